The third kappa shape index (κ3) is 4.98. The molecular weight excluding hydrogens is 410 g/mol. The van der Waals surface area contributed by atoms with Crippen LogP contribution in [0.4, 0.5) is 10.5 Å². The topological polar surface area (TPSA) is 77.2 Å². The van der Waals surface area contributed by atoms with E-state index >= 15 is 0 Å². The molecule has 31 heavy (non-hydrogen) atoms. The summed E-state index contributed by atoms with van der Waals surface area (Å²) in [5.74, 6) is 1.47. The molecule has 1 atom stereocenters. The molecule has 0 saturated heterocycles. The van der Waals surface area contributed by atoms with Gasteiger partial charge in [-0.2, -0.15) is 5.10 Å². The fourth-order valence-corrected chi connectivity index (χ4v) is 5.00. The molecule has 1 aliphatic heterocycles. The van der Waals surface area contributed by atoms with Gasteiger partial charge in [0, 0.05) is 11.3 Å². The van der Waals surface area contributed by atoms with E-state index < -0.39 is 0 Å². The predicted molar refractivity (Wildman–Crippen MR) is 126 cm³/mol. The van der Waals surface area contributed by atoms with Crippen LogP contribution in [-0.2, 0) is 6.54 Å². The minimum atomic E-state index is -0.0473. The maximum atomic E-state index is 12.7. The van der Waals surface area contributed by atoms with Crippen molar-refractivity contribution >= 4 is 28.4 Å². The molecule has 0 radical (unpaired) electrons. The smallest absolute Gasteiger partial charge is 0.302 e. The summed E-state index contributed by atoms with van der Waals surface area (Å²) in [6, 6.07) is 13.5. The number of nitrogen functional groups attached to an aromatic ring is 1. The van der Waals surface area contributed by atoms with Crippen molar-refractivity contribution in [1.82, 2.24) is 5.01 Å². The summed E-state index contributed by atoms with van der Waals surface area (Å²) < 4.78 is 11.8. The zero-order chi connectivity index (χ0) is 21.8. The second kappa shape index (κ2) is 9.64. The fraction of sp³-hybridized carbons (Fsp3) is 0.417. The van der Waals surface area contributed by atoms with Gasteiger partial charge in [0.2, 0.25) is 0 Å². The Hall–Kier alpha value is -2.67. The molecule has 0 spiro atoms. The first kappa shape index (κ1) is 21.6. The summed E-state index contributed by atoms with van der Waals surface area (Å²) in [6.07, 6.45) is 5.60. The Bertz CT molecular complexity index is 972. The van der Waals surface area contributed by atoms with Crippen LogP contribution >= 0.6 is 11.8 Å². The van der Waals surface area contributed by atoms with Crippen molar-refractivity contribution in [1.29, 1.82) is 0 Å². The molecule has 1 unspecified atom stereocenters. The Morgan fingerprint density at radius 2 is 1.97 bits per heavy atom. The lowest BCUT2D eigenvalue weighted by atomic mass is 10.0. The number of rotatable bonds is 7. The van der Waals surface area contributed by atoms with Crippen LogP contribution in [-0.4, -0.2) is 34.4 Å². The molecular formula is C24H29N3O3S. The molecule has 1 amide bonds. The van der Waals surface area contributed by atoms with E-state index in [4.69, 9.17) is 20.3 Å². The maximum absolute atomic E-state index is 12.7. The van der Waals surface area contributed by atoms with Gasteiger partial charge in [-0.1, -0.05) is 30.8 Å². The zero-order valence-electron chi connectivity index (χ0n) is 18.0. The van der Waals surface area contributed by atoms with Gasteiger partial charge in [-0.05, 0) is 68.0 Å². The van der Waals surface area contributed by atoms with Crippen LogP contribution in [0.25, 0.3) is 0 Å². The van der Waals surface area contributed by atoms with E-state index in [1.807, 2.05) is 42.5 Å². The minimum absolute atomic E-state index is 0.00248. The fourth-order valence-electron chi connectivity index (χ4n) is 4.07. The Balaban J connectivity index is 1.65. The number of carbonyl (C=O) groups excluding carboxylic acids is 1. The summed E-state index contributed by atoms with van der Waals surface area (Å²) in [5, 5.41) is 6.26. The number of nitrogens with zero attached hydrogens (tertiary/aromatic N) is 2. The SMILES string of the molecule is CCC1SC(=O)N(Cc2cccc(N)c2)N=C1c1ccc(OC)c(OC2CCCC2)c1. The summed E-state index contributed by atoms with van der Waals surface area (Å²) in [4.78, 5) is 12.7. The molecule has 2 N–H and O–H groups in total. The molecule has 164 valence electrons. The van der Waals surface area contributed by atoms with Crippen LogP contribution in [0.2, 0.25) is 0 Å². The van der Waals surface area contributed by atoms with Crippen molar-refractivity contribution in [3.63, 3.8) is 0 Å². The molecule has 0 aromatic heterocycles. The number of methoxy groups -OCH3 is 1. The number of ether oxygens (including phenoxy) is 2. The largest absolute Gasteiger partial charge is 0.493 e. The number of amides is 1. The van der Waals surface area contributed by atoms with E-state index in [0.717, 1.165) is 47.6 Å². The zero-order valence-corrected chi connectivity index (χ0v) is 18.9. The lowest BCUT2D eigenvalue weighted by Gasteiger charge is -2.29. The molecule has 2 aliphatic rings. The van der Waals surface area contributed by atoms with Gasteiger partial charge in [-0.15, -0.1) is 0 Å². The molecule has 2 aromatic rings. The molecule has 2 aromatic carbocycles. The highest BCUT2D eigenvalue weighted by molar-refractivity contribution is 8.14. The summed E-state index contributed by atoms with van der Waals surface area (Å²) >= 11 is 1.32. The molecule has 1 aliphatic carbocycles. The van der Waals surface area contributed by atoms with Gasteiger partial charge in [-0.25, -0.2) is 5.01 Å². The van der Waals surface area contributed by atoms with E-state index in [1.165, 1.54) is 29.6 Å². The van der Waals surface area contributed by atoms with E-state index in [1.54, 1.807) is 7.11 Å². The normalized spacial score (nSPS) is 19.4. The van der Waals surface area contributed by atoms with E-state index in [2.05, 4.69) is 6.92 Å². The van der Waals surface area contributed by atoms with Crippen molar-refractivity contribution in [2.45, 2.75) is 56.9 Å². The standard InChI is InChI=1S/C24H29N3O3S/c1-3-22-23(26-27(24(28)31-22)15-16-7-6-8-18(25)13-16)17-11-12-20(29-2)21(14-17)30-19-9-4-5-10-19/h6-8,11-14,19,22H,3-5,9-10,15,25H2,1-2H3. The second-order valence-electron chi connectivity index (χ2n) is 7.96. The minimum Gasteiger partial charge on any atom is -0.493 e. The van der Waals surface area contributed by atoms with E-state index in [9.17, 15) is 4.79 Å². The van der Waals surface area contributed by atoms with Crippen molar-refractivity contribution in [2.75, 3.05) is 12.8 Å². The van der Waals surface area contributed by atoms with Gasteiger partial charge in [0.25, 0.3) is 0 Å². The molecule has 1 fully saturated rings. The van der Waals surface area contributed by atoms with Crippen LogP contribution in [0.5, 0.6) is 11.5 Å². The Labute approximate surface area is 187 Å². The van der Waals surface area contributed by atoms with Crippen LogP contribution in [0, 0.1) is 0 Å². The van der Waals surface area contributed by atoms with Gasteiger partial charge in [0.15, 0.2) is 11.5 Å². The monoisotopic (exact) mass is 439 g/mol. The van der Waals surface area contributed by atoms with Gasteiger partial charge >= 0.3 is 5.24 Å². The highest BCUT2D eigenvalue weighted by Crippen LogP contribution is 2.35. The van der Waals surface area contributed by atoms with Crippen LogP contribution < -0.4 is 15.2 Å². The quantitative estimate of drug-likeness (QED) is 0.581. The lowest BCUT2D eigenvalue weighted by molar-refractivity contribution is 0.201. The molecule has 6 nitrogen and oxygen atoms in total. The third-order valence-electron chi connectivity index (χ3n) is 5.70. The predicted octanol–water partition coefficient (Wildman–Crippen LogP) is 5.45. The maximum Gasteiger partial charge on any atom is 0.302 e. The number of anilines is 1. The lowest BCUT2D eigenvalue weighted by Crippen LogP contribution is -2.34. The van der Waals surface area contributed by atoms with Gasteiger partial charge < -0.3 is 15.2 Å². The average molecular weight is 440 g/mol. The number of nitrogens with two attached hydrogens (primary N) is 1. The Morgan fingerprint density at radius 1 is 1.16 bits per heavy atom. The van der Waals surface area contributed by atoms with Gasteiger partial charge in [0.1, 0.15) is 0 Å². The average Bonchev–Trinajstić information content (AvgIpc) is 3.28. The number of hydrogen-bond donors (Lipinski definition) is 1. The number of thioether (sulfide) groups is 1. The summed E-state index contributed by atoms with van der Waals surface area (Å²) in [6.45, 7) is 2.46. The molecule has 0 bridgehead atoms. The summed E-state index contributed by atoms with van der Waals surface area (Å²) in [7, 11) is 1.66. The molecule has 7 heteroatoms. The first-order valence-electron chi connectivity index (χ1n) is 10.8. The van der Waals surface area contributed by atoms with Gasteiger partial charge in [-0.3, -0.25) is 4.79 Å². The molecule has 1 heterocycles. The molecule has 4 rings (SSSR count). The van der Waals surface area contributed by atoms with Crippen molar-refractivity contribution in [3.8, 4) is 11.5 Å². The number of hydrazone groups is 1. The van der Waals surface area contributed by atoms with Crippen LogP contribution in [0.1, 0.15) is 50.2 Å². The van der Waals surface area contributed by atoms with Crippen molar-refractivity contribution in [2.24, 2.45) is 5.10 Å². The number of carbonyl (C=O) groups is 1. The number of benzene rings is 2. The second-order valence-corrected chi connectivity index (χ2v) is 9.11. The highest BCUT2D eigenvalue weighted by atomic mass is 32.2. The van der Waals surface area contributed by atoms with E-state index in [0.29, 0.717) is 12.2 Å². The first-order valence-corrected chi connectivity index (χ1v) is 11.7. The van der Waals surface area contributed by atoms with E-state index in [-0.39, 0.29) is 16.6 Å². The highest BCUT2D eigenvalue weighted by Gasteiger charge is 2.31. The number of hydrogen-bond acceptors (Lipinski definition) is 6. The molecule has 1 saturated carbocycles. The third-order valence-corrected chi connectivity index (χ3v) is 6.95. The van der Waals surface area contributed by atoms with Crippen molar-refractivity contribution in [3.05, 3.63) is 53.6 Å². The van der Waals surface area contributed by atoms with Crippen LogP contribution in [0.3, 0.4) is 0 Å². The Kier molecular flexibility index (Phi) is 6.70. The first-order chi connectivity index (χ1) is 15.1. The van der Waals surface area contributed by atoms with Crippen LogP contribution in [0.15, 0.2) is 47.6 Å². The van der Waals surface area contributed by atoms with Crippen molar-refractivity contribution < 1.29 is 14.3 Å². The summed E-state index contributed by atoms with van der Waals surface area (Å²) in [5.41, 5.74) is 9.37. The van der Waals surface area contributed by atoms with Gasteiger partial charge in [0.05, 0.1) is 30.7 Å². The Morgan fingerprint density at radius 3 is 2.68 bits per heavy atom.